The molecule has 0 saturated heterocycles. The molecule has 0 heterocycles. The summed E-state index contributed by atoms with van der Waals surface area (Å²) >= 11 is 0. The molecule has 0 aliphatic rings. The van der Waals surface area contributed by atoms with Gasteiger partial charge in [0.1, 0.15) is 0 Å². The first-order chi connectivity index (χ1) is 12.0. The van der Waals surface area contributed by atoms with Gasteiger partial charge in [0.25, 0.3) is 0 Å². The lowest BCUT2D eigenvalue weighted by Crippen LogP contribution is -2.23. The van der Waals surface area contributed by atoms with Gasteiger partial charge in [0, 0.05) is 12.8 Å². The molecule has 0 fully saturated rings. The Morgan fingerprint density at radius 1 is 0.880 bits per heavy atom. The predicted molar refractivity (Wildman–Crippen MR) is 99.2 cm³/mol. The summed E-state index contributed by atoms with van der Waals surface area (Å²) in [6.45, 7) is 2.09. The minimum atomic E-state index is -0.895. The van der Waals surface area contributed by atoms with Crippen molar-refractivity contribution in [3.63, 3.8) is 0 Å². The molecule has 5 heteroatoms. The first-order valence-corrected chi connectivity index (χ1v) is 8.76. The maximum Gasteiger partial charge on any atom is 0.303 e. The third-order valence-corrected chi connectivity index (χ3v) is 3.46. The summed E-state index contributed by atoms with van der Waals surface area (Å²) in [5.74, 6) is -0.997. The predicted octanol–water partition coefficient (Wildman–Crippen LogP) is 3.34. The number of carbonyl (C=O) groups is 2. The Bertz CT molecular complexity index is 488. The first kappa shape index (κ1) is 23.0. The van der Waals surface area contributed by atoms with Crippen LogP contribution in [-0.4, -0.2) is 39.3 Å². The maximum atomic E-state index is 11.4. The summed E-state index contributed by atoms with van der Waals surface area (Å²) in [5, 5.41) is 28.0. The maximum absolute atomic E-state index is 11.4. The molecule has 0 aromatic carbocycles. The van der Waals surface area contributed by atoms with E-state index in [2.05, 4.69) is 6.92 Å². The van der Waals surface area contributed by atoms with E-state index in [1.807, 2.05) is 0 Å². The van der Waals surface area contributed by atoms with Gasteiger partial charge in [-0.3, -0.25) is 9.59 Å². The molecule has 0 saturated carbocycles. The molecule has 5 nitrogen and oxygen atoms in total. The van der Waals surface area contributed by atoms with E-state index in [9.17, 15) is 19.8 Å². The number of aliphatic hydroxyl groups excluding tert-OH is 2. The molecule has 25 heavy (non-hydrogen) atoms. The van der Waals surface area contributed by atoms with Crippen molar-refractivity contribution in [3.05, 3.63) is 48.6 Å². The highest BCUT2D eigenvalue weighted by atomic mass is 16.4. The van der Waals surface area contributed by atoms with E-state index in [1.54, 1.807) is 42.5 Å². The molecule has 0 aromatic heterocycles. The number of rotatable bonds is 14. The molecule has 0 rings (SSSR count). The molecule has 0 amide bonds. The average molecular weight is 350 g/mol. The summed E-state index contributed by atoms with van der Waals surface area (Å²) in [7, 11) is 0. The van der Waals surface area contributed by atoms with E-state index in [4.69, 9.17) is 5.11 Å². The monoisotopic (exact) mass is 350 g/mol. The molecule has 2 atom stereocenters. The number of allylic oxidation sites excluding steroid dienone is 7. The van der Waals surface area contributed by atoms with Crippen LogP contribution in [0.25, 0.3) is 0 Å². The summed E-state index contributed by atoms with van der Waals surface area (Å²) in [6.07, 6.45) is 15.7. The highest BCUT2D eigenvalue weighted by Gasteiger charge is 2.11. The Kier molecular flexibility index (Phi) is 14.3. The number of aliphatic carboxylic acids is 1. The van der Waals surface area contributed by atoms with Gasteiger partial charge in [-0.1, -0.05) is 68.7 Å². The van der Waals surface area contributed by atoms with Crippen molar-refractivity contribution in [3.8, 4) is 0 Å². The number of ketones is 1. The van der Waals surface area contributed by atoms with E-state index in [0.29, 0.717) is 12.8 Å². The fourth-order valence-corrected chi connectivity index (χ4v) is 2.00. The number of unbranched alkanes of at least 4 members (excludes halogenated alkanes) is 2. The van der Waals surface area contributed by atoms with Crippen LogP contribution in [0.1, 0.15) is 51.9 Å². The highest BCUT2D eigenvalue weighted by Crippen LogP contribution is 2.07. The topological polar surface area (TPSA) is 94.8 Å². The molecule has 0 aromatic rings. The molecule has 0 spiro atoms. The Hall–Kier alpha value is -1.98. The Morgan fingerprint density at radius 3 is 2.16 bits per heavy atom. The van der Waals surface area contributed by atoms with E-state index in [1.165, 1.54) is 6.08 Å². The van der Waals surface area contributed by atoms with Gasteiger partial charge in [0.15, 0.2) is 5.78 Å². The van der Waals surface area contributed by atoms with Crippen molar-refractivity contribution >= 4 is 11.8 Å². The van der Waals surface area contributed by atoms with Crippen LogP contribution >= 0.6 is 0 Å². The van der Waals surface area contributed by atoms with Crippen LogP contribution in [0, 0.1) is 0 Å². The number of carboxylic acid groups (broad SMARTS) is 1. The van der Waals surface area contributed by atoms with Crippen molar-refractivity contribution < 1.29 is 24.9 Å². The molecular formula is C20H30O5. The van der Waals surface area contributed by atoms with Crippen LogP contribution in [0.15, 0.2) is 48.6 Å². The molecule has 0 aliphatic heterocycles. The number of carboxylic acids is 1. The van der Waals surface area contributed by atoms with E-state index < -0.39 is 18.2 Å². The molecule has 0 aliphatic carbocycles. The van der Waals surface area contributed by atoms with Crippen LogP contribution in [0.4, 0.5) is 0 Å². The number of hydrogen-bond acceptors (Lipinski definition) is 4. The summed E-state index contributed by atoms with van der Waals surface area (Å²) in [6, 6.07) is 0. The van der Waals surface area contributed by atoms with E-state index >= 15 is 0 Å². The summed E-state index contributed by atoms with van der Waals surface area (Å²) < 4.78 is 0. The van der Waals surface area contributed by atoms with Crippen LogP contribution in [0.3, 0.4) is 0 Å². The number of aliphatic hydroxyl groups is 2. The lowest BCUT2D eigenvalue weighted by molar-refractivity contribution is -0.137. The average Bonchev–Trinajstić information content (AvgIpc) is 2.56. The third-order valence-electron chi connectivity index (χ3n) is 3.46. The van der Waals surface area contributed by atoms with Gasteiger partial charge in [-0.05, 0) is 18.9 Å². The molecule has 0 bridgehead atoms. The zero-order chi connectivity index (χ0) is 18.9. The van der Waals surface area contributed by atoms with E-state index in [0.717, 1.165) is 19.3 Å². The van der Waals surface area contributed by atoms with Crippen molar-refractivity contribution in [2.24, 2.45) is 0 Å². The van der Waals surface area contributed by atoms with E-state index in [-0.39, 0.29) is 18.6 Å². The quantitative estimate of drug-likeness (QED) is 0.254. The largest absolute Gasteiger partial charge is 0.481 e. The molecule has 140 valence electrons. The van der Waals surface area contributed by atoms with Crippen LogP contribution in [0.5, 0.6) is 0 Å². The van der Waals surface area contributed by atoms with Crippen molar-refractivity contribution in [2.75, 3.05) is 0 Å². The molecule has 0 radical (unpaired) electrons. The van der Waals surface area contributed by atoms with Crippen molar-refractivity contribution in [1.29, 1.82) is 0 Å². The van der Waals surface area contributed by atoms with Gasteiger partial charge in [-0.15, -0.1) is 0 Å². The fraction of sp³-hybridized carbons (Fsp3) is 0.500. The SMILES string of the molecule is CCCCC[C@H](O)[C@H](O)/C=C/C=C/C=CC=CC(=O)CCCC(=O)O. The fourth-order valence-electron chi connectivity index (χ4n) is 2.00. The van der Waals surface area contributed by atoms with Crippen LogP contribution in [-0.2, 0) is 9.59 Å². The van der Waals surface area contributed by atoms with Gasteiger partial charge in [0.05, 0.1) is 12.2 Å². The minimum Gasteiger partial charge on any atom is -0.481 e. The number of hydrogen-bond donors (Lipinski definition) is 3. The van der Waals surface area contributed by atoms with Gasteiger partial charge in [-0.2, -0.15) is 0 Å². The Balaban J connectivity index is 3.98. The molecule has 3 N–H and O–H groups in total. The summed E-state index contributed by atoms with van der Waals surface area (Å²) in [5.41, 5.74) is 0. The molecular weight excluding hydrogens is 320 g/mol. The Morgan fingerprint density at radius 2 is 1.52 bits per heavy atom. The summed E-state index contributed by atoms with van der Waals surface area (Å²) in [4.78, 5) is 21.7. The second kappa shape index (κ2) is 15.5. The Labute approximate surface area is 150 Å². The zero-order valence-electron chi connectivity index (χ0n) is 14.9. The lowest BCUT2D eigenvalue weighted by atomic mass is 10.1. The third kappa shape index (κ3) is 15.3. The van der Waals surface area contributed by atoms with Gasteiger partial charge >= 0.3 is 5.97 Å². The van der Waals surface area contributed by atoms with Gasteiger partial charge < -0.3 is 15.3 Å². The van der Waals surface area contributed by atoms with Crippen LogP contribution in [0.2, 0.25) is 0 Å². The second-order valence-electron chi connectivity index (χ2n) is 5.78. The second-order valence-corrected chi connectivity index (χ2v) is 5.78. The minimum absolute atomic E-state index is 0.00362. The standard InChI is InChI=1S/C20H30O5/c1-2-3-8-14-18(22)19(23)15-10-7-5-4-6-9-12-17(21)13-11-16-20(24)25/h4-7,9-10,12,15,18-19,22-23H,2-3,8,11,13-14,16H2,1H3,(H,24,25)/b6-4?,7-5+,12-9?,15-10+/t18-,19+/m0/s1. The smallest absolute Gasteiger partial charge is 0.303 e. The van der Waals surface area contributed by atoms with Gasteiger partial charge in [-0.25, -0.2) is 0 Å². The van der Waals surface area contributed by atoms with Gasteiger partial charge in [0.2, 0.25) is 0 Å². The number of carbonyl (C=O) groups excluding carboxylic acids is 1. The highest BCUT2D eigenvalue weighted by molar-refractivity contribution is 5.90. The zero-order valence-corrected chi connectivity index (χ0v) is 14.9. The van der Waals surface area contributed by atoms with Crippen molar-refractivity contribution in [2.45, 2.75) is 64.1 Å². The normalized spacial score (nSPS) is 14.8. The van der Waals surface area contributed by atoms with Crippen LogP contribution < -0.4 is 0 Å². The first-order valence-electron chi connectivity index (χ1n) is 8.76. The lowest BCUT2D eigenvalue weighted by Gasteiger charge is -2.13. The molecule has 0 unspecified atom stereocenters. The van der Waals surface area contributed by atoms with Crippen molar-refractivity contribution in [1.82, 2.24) is 0 Å².